The number of nitrogens with two attached hydrogens (primary N) is 1. The lowest BCUT2D eigenvalue weighted by Crippen LogP contribution is -2.22. The number of carbonyl (C=O) groups excluding carboxylic acids is 1. The van der Waals surface area contributed by atoms with Gasteiger partial charge in [0.1, 0.15) is 18.5 Å². The van der Waals surface area contributed by atoms with Crippen molar-refractivity contribution in [3.05, 3.63) is 29.6 Å². The maximum Gasteiger partial charge on any atom is 0.341 e. The van der Waals surface area contributed by atoms with Gasteiger partial charge >= 0.3 is 5.97 Å². The van der Waals surface area contributed by atoms with Gasteiger partial charge in [0, 0.05) is 5.69 Å². The predicted octanol–water partition coefficient (Wildman–Crippen LogP) is -0.0821. The smallest absolute Gasteiger partial charge is 0.341 e. The van der Waals surface area contributed by atoms with Crippen molar-refractivity contribution in [1.29, 1.82) is 0 Å². The summed E-state index contributed by atoms with van der Waals surface area (Å²) >= 11 is 0. The van der Waals surface area contributed by atoms with E-state index in [2.05, 4.69) is 4.74 Å². The van der Waals surface area contributed by atoms with Crippen molar-refractivity contribution < 1.29 is 24.1 Å². The van der Waals surface area contributed by atoms with E-state index in [-0.39, 0.29) is 11.3 Å². The van der Waals surface area contributed by atoms with Crippen molar-refractivity contribution in [3.8, 4) is 0 Å². The standard InChI is InChI=1S/C10H12FNO4/c11-9-2-1-6(12)3-8(9)10(15)16-5-7(14)4-13/h1-3,7,13-14H,4-5,12H2. The number of ether oxygens (including phenoxy) is 1. The van der Waals surface area contributed by atoms with Gasteiger partial charge in [0.2, 0.25) is 0 Å². The van der Waals surface area contributed by atoms with Crippen LogP contribution in [-0.4, -0.2) is 35.5 Å². The zero-order valence-electron chi connectivity index (χ0n) is 8.39. The first-order chi connectivity index (χ1) is 7.54. The molecule has 0 aromatic heterocycles. The molecular formula is C10H12FNO4. The van der Waals surface area contributed by atoms with Gasteiger partial charge in [0.05, 0.1) is 12.2 Å². The molecule has 0 radical (unpaired) electrons. The molecule has 1 rings (SSSR count). The molecule has 1 atom stereocenters. The van der Waals surface area contributed by atoms with Gasteiger partial charge in [-0.05, 0) is 18.2 Å². The molecule has 4 N–H and O–H groups in total. The van der Waals surface area contributed by atoms with Crippen molar-refractivity contribution in [2.45, 2.75) is 6.10 Å². The number of halogens is 1. The quantitative estimate of drug-likeness (QED) is 0.496. The Balaban J connectivity index is 2.69. The van der Waals surface area contributed by atoms with E-state index in [0.717, 1.165) is 12.1 Å². The van der Waals surface area contributed by atoms with E-state index in [0.29, 0.717) is 0 Å². The van der Waals surface area contributed by atoms with E-state index < -0.39 is 31.1 Å². The highest BCUT2D eigenvalue weighted by Gasteiger charge is 2.15. The van der Waals surface area contributed by atoms with Crippen molar-refractivity contribution in [2.24, 2.45) is 0 Å². The number of hydrogen-bond donors (Lipinski definition) is 3. The van der Waals surface area contributed by atoms with Gasteiger partial charge in [-0.3, -0.25) is 0 Å². The number of aliphatic hydroxyl groups excluding tert-OH is 2. The molecule has 0 aliphatic carbocycles. The maximum absolute atomic E-state index is 13.2. The first kappa shape index (κ1) is 12.4. The van der Waals surface area contributed by atoms with E-state index >= 15 is 0 Å². The van der Waals surface area contributed by atoms with Crippen molar-refractivity contribution >= 4 is 11.7 Å². The molecule has 0 spiro atoms. The summed E-state index contributed by atoms with van der Waals surface area (Å²) in [5.74, 6) is -1.69. The van der Waals surface area contributed by atoms with E-state index in [9.17, 15) is 9.18 Å². The van der Waals surface area contributed by atoms with Crippen LogP contribution in [0.1, 0.15) is 10.4 Å². The predicted molar refractivity (Wildman–Crippen MR) is 54.2 cm³/mol. The third kappa shape index (κ3) is 3.18. The lowest BCUT2D eigenvalue weighted by molar-refractivity contribution is 0.00900. The number of anilines is 1. The SMILES string of the molecule is Nc1ccc(F)c(C(=O)OCC(O)CO)c1. The number of nitrogen functional groups attached to an aromatic ring is 1. The third-order valence-electron chi connectivity index (χ3n) is 1.83. The molecule has 0 aliphatic heterocycles. The lowest BCUT2D eigenvalue weighted by Gasteiger charge is -2.09. The molecule has 88 valence electrons. The maximum atomic E-state index is 13.2. The number of rotatable bonds is 4. The topological polar surface area (TPSA) is 92.8 Å². The summed E-state index contributed by atoms with van der Waals surface area (Å²) in [6, 6.07) is 3.51. The fourth-order valence-electron chi connectivity index (χ4n) is 1.00. The fourth-order valence-corrected chi connectivity index (χ4v) is 1.00. The minimum absolute atomic E-state index is 0.232. The molecular weight excluding hydrogens is 217 g/mol. The van der Waals surface area contributed by atoms with Gasteiger partial charge in [-0.25, -0.2) is 9.18 Å². The van der Waals surface area contributed by atoms with Crippen LogP contribution in [-0.2, 0) is 4.74 Å². The zero-order chi connectivity index (χ0) is 12.1. The summed E-state index contributed by atoms with van der Waals surface area (Å²) < 4.78 is 17.7. The van der Waals surface area contributed by atoms with Gasteiger partial charge < -0.3 is 20.7 Å². The highest BCUT2D eigenvalue weighted by Crippen LogP contribution is 2.13. The Labute approximate surface area is 91.3 Å². The van der Waals surface area contributed by atoms with E-state index in [1.54, 1.807) is 0 Å². The number of esters is 1. The van der Waals surface area contributed by atoms with Crippen LogP contribution in [0.15, 0.2) is 18.2 Å². The second kappa shape index (κ2) is 5.43. The van der Waals surface area contributed by atoms with Crippen LogP contribution in [0.3, 0.4) is 0 Å². The van der Waals surface area contributed by atoms with Crippen molar-refractivity contribution in [2.75, 3.05) is 18.9 Å². The summed E-state index contributed by atoms with van der Waals surface area (Å²) in [5.41, 5.74) is 5.32. The largest absolute Gasteiger partial charge is 0.459 e. The average Bonchev–Trinajstić information content (AvgIpc) is 2.28. The van der Waals surface area contributed by atoms with Crippen molar-refractivity contribution in [3.63, 3.8) is 0 Å². The highest BCUT2D eigenvalue weighted by atomic mass is 19.1. The first-order valence-electron chi connectivity index (χ1n) is 4.55. The van der Waals surface area contributed by atoms with Crippen LogP contribution < -0.4 is 5.73 Å². The molecule has 0 aliphatic rings. The van der Waals surface area contributed by atoms with Crippen LogP contribution in [0.5, 0.6) is 0 Å². The fraction of sp³-hybridized carbons (Fsp3) is 0.300. The molecule has 0 amide bonds. The molecule has 6 heteroatoms. The van der Waals surface area contributed by atoms with E-state index in [1.807, 2.05) is 0 Å². The van der Waals surface area contributed by atoms with Crippen LogP contribution in [0.2, 0.25) is 0 Å². The Morgan fingerprint density at radius 2 is 2.25 bits per heavy atom. The molecule has 0 saturated carbocycles. The summed E-state index contributed by atoms with van der Waals surface area (Å²) in [6.07, 6.45) is -1.17. The molecule has 0 fully saturated rings. The van der Waals surface area contributed by atoms with Crippen LogP contribution >= 0.6 is 0 Å². The Kier molecular flexibility index (Phi) is 4.21. The average molecular weight is 229 g/mol. The van der Waals surface area contributed by atoms with Gasteiger partial charge in [-0.1, -0.05) is 0 Å². The van der Waals surface area contributed by atoms with Gasteiger partial charge in [0.15, 0.2) is 0 Å². The summed E-state index contributed by atoms with van der Waals surface area (Å²) in [6.45, 7) is -0.934. The van der Waals surface area contributed by atoms with Crippen molar-refractivity contribution in [1.82, 2.24) is 0 Å². The summed E-state index contributed by atoms with van der Waals surface area (Å²) in [5, 5.41) is 17.4. The molecule has 1 unspecified atom stereocenters. The Hall–Kier alpha value is -1.66. The molecule has 1 aromatic rings. The van der Waals surface area contributed by atoms with Gasteiger partial charge in [-0.15, -0.1) is 0 Å². The molecule has 0 saturated heterocycles. The van der Waals surface area contributed by atoms with Crippen LogP contribution in [0.4, 0.5) is 10.1 Å². The van der Waals surface area contributed by atoms with Gasteiger partial charge in [-0.2, -0.15) is 0 Å². The molecule has 0 heterocycles. The minimum Gasteiger partial charge on any atom is -0.459 e. The molecule has 16 heavy (non-hydrogen) atoms. The summed E-state index contributed by atoms with van der Waals surface area (Å²) in [4.78, 5) is 11.3. The normalized spacial score (nSPS) is 12.2. The lowest BCUT2D eigenvalue weighted by atomic mass is 10.2. The summed E-state index contributed by atoms with van der Waals surface area (Å²) in [7, 11) is 0. The van der Waals surface area contributed by atoms with Crippen LogP contribution in [0, 0.1) is 5.82 Å². The first-order valence-corrected chi connectivity index (χ1v) is 4.55. The molecule has 1 aromatic carbocycles. The van der Waals surface area contributed by atoms with Crippen LogP contribution in [0.25, 0.3) is 0 Å². The molecule has 0 bridgehead atoms. The van der Waals surface area contributed by atoms with Gasteiger partial charge in [0.25, 0.3) is 0 Å². The zero-order valence-corrected chi connectivity index (χ0v) is 8.39. The Morgan fingerprint density at radius 3 is 2.88 bits per heavy atom. The number of carbonyl (C=O) groups is 1. The number of aliphatic hydroxyl groups is 2. The van der Waals surface area contributed by atoms with E-state index in [1.165, 1.54) is 6.07 Å². The second-order valence-corrected chi connectivity index (χ2v) is 3.17. The third-order valence-corrected chi connectivity index (χ3v) is 1.83. The number of hydrogen-bond acceptors (Lipinski definition) is 5. The van der Waals surface area contributed by atoms with E-state index in [4.69, 9.17) is 15.9 Å². The monoisotopic (exact) mass is 229 g/mol. The second-order valence-electron chi connectivity index (χ2n) is 3.17. The molecule has 5 nitrogen and oxygen atoms in total. The highest BCUT2D eigenvalue weighted by molar-refractivity contribution is 5.90. The minimum atomic E-state index is -1.17. The number of benzene rings is 1. The Bertz CT molecular complexity index is 383. The Morgan fingerprint density at radius 1 is 1.56 bits per heavy atom.